The quantitative estimate of drug-likeness (QED) is 0.743. The Hall–Kier alpha value is -1.95. The zero-order valence-electron chi connectivity index (χ0n) is 12.1. The first-order chi connectivity index (χ1) is 9.71. The Balaban J connectivity index is 2.66. The molecule has 1 aromatic rings. The van der Waals surface area contributed by atoms with Crippen molar-refractivity contribution in [3.8, 4) is 11.5 Å². The molecule has 0 aromatic heterocycles. The monoisotopic (exact) mass is 283 g/mol. The van der Waals surface area contributed by atoms with Crippen LogP contribution in [0, 0.1) is 0 Å². The van der Waals surface area contributed by atoms with Gasteiger partial charge in [0.1, 0.15) is 6.61 Å². The van der Waals surface area contributed by atoms with Crippen LogP contribution in [0.25, 0.3) is 0 Å². The van der Waals surface area contributed by atoms with Crippen LogP contribution < -0.4 is 14.8 Å². The van der Waals surface area contributed by atoms with E-state index in [4.69, 9.17) is 18.9 Å². The maximum Gasteiger partial charge on any atom is 0.411 e. The summed E-state index contributed by atoms with van der Waals surface area (Å²) in [6, 6.07) is 5.18. The first kappa shape index (κ1) is 16.1. The summed E-state index contributed by atoms with van der Waals surface area (Å²) in [4.78, 5) is 11.5. The predicted molar refractivity (Wildman–Crippen MR) is 75.6 cm³/mol. The molecule has 112 valence electrons. The highest BCUT2D eigenvalue weighted by atomic mass is 16.6. The number of hydrogen-bond acceptors (Lipinski definition) is 5. The van der Waals surface area contributed by atoms with E-state index in [1.807, 2.05) is 13.8 Å². The van der Waals surface area contributed by atoms with Gasteiger partial charge in [-0.1, -0.05) is 0 Å². The summed E-state index contributed by atoms with van der Waals surface area (Å²) >= 11 is 0. The molecule has 0 spiro atoms. The molecule has 0 saturated heterocycles. The van der Waals surface area contributed by atoms with Gasteiger partial charge in [-0.2, -0.15) is 0 Å². The Morgan fingerprint density at radius 2 is 1.80 bits per heavy atom. The fourth-order valence-electron chi connectivity index (χ4n) is 1.50. The molecule has 0 aliphatic heterocycles. The van der Waals surface area contributed by atoms with Crippen LogP contribution in [-0.4, -0.2) is 39.6 Å². The number of amides is 1. The van der Waals surface area contributed by atoms with Crippen LogP contribution >= 0.6 is 0 Å². The summed E-state index contributed by atoms with van der Waals surface area (Å²) in [5.41, 5.74) is 0.583. The number of anilines is 1. The summed E-state index contributed by atoms with van der Waals surface area (Å²) in [7, 11) is 1.54. The Kier molecular flexibility index (Phi) is 7.27. The second-order valence-corrected chi connectivity index (χ2v) is 3.78. The highest BCUT2D eigenvalue weighted by Crippen LogP contribution is 2.30. The summed E-state index contributed by atoms with van der Waals surface area (Å²) in [5.74, 6) is 1.23. The van der Waals surface area contributed by atoms with Crippen LogP contribution in [0.5, 0.6) is 11.5 Å². The molecular formula is C14H21NO5. The number of ether oxygens (including phenoxy) is 4. The van der Waals surface area contributed by atoms with Crippen molar-refractivity contribution in [2.45, 2.75) is 13.8 Å². The van der Waals surface area contributed by atoms with E-state index in [0.29, 0.717) is 37.0 Å². The average Bonchev–Trinajstić information content (AvgIpc) is 2.42. The second kappa shape index (κ2) is 9.03. The van der Waals surface area contributed by atoms with Gasteiger partial charge in [0, 0.05) is 18.9 Å². The third-order valence-electron chi connectivity index (χ3n) is 2.31. The molecule has 0 fully saturated rings. The van der Waals surface area contributed by atoms with E-state index in [1.165, 1.54) is 0 Å². The van der Waals surface area contributed by atoms with Crippen LogP contribution in [0.15, 0.2) is 18.2 Å². The molecule has 0 heterocycles. The minimum atomic E-state index is -0.534. The molecule has 1 amide bonds. The minimum Gasteiger partial charge on any atom is -0.490 e. The van der Waals surface area contributed by atoms with Gasteiger partial charge in [0.25, 0.3) is 0 Å². The fourth-order valence-corrected chi connectivity index (χ4v) is 1.50. The van der Waals surface area contributed by atoms with Gasteiger partial charge >= 0.3 is 6.09 Å². The largest absolute Gasteiger partial charge is 0.490 e. The van der Waals surface area contributed by atoms with Gasteiger partial charge in [-0.25, -0.2) is 4.79 Å². The molecule has 0 atom stereocenters. The van der Waals surface area contributed by atoms with Crippen molar-refractivity contribution < 1.29 is 23.7 Å². The molecule has 1 N–H and O–H groups in total. The van der Waals surface area contributed by atoms with Gasteiger partial charge in [-0.3, -0.25) is 5.32 Å². The second-order valence-electron chi connectivity index (χ2n) is 3.78. The lowest BCUT2D eigenvalue weighted by molar-refractivity contribution is 0.107. The Morgan fingerprint density at radius 3 is 2.45 bits per heavy atom. The molecular weight excluding hydrogens is 262 g/mol. The standard InChI is InChI=1S/C14H21NO5/c1-4-18-12-7-6-11(10-13(12)19-5-2)15-14(16)20-9-8-17-3/h6-7,10H,4-5,8-9H2,1-3H3,(H,15,16). The molecule has 1 rings (SSSR count). The molecule has 0 aliphatic rings. The highest BCUT2D eigenvalue weighted by molar-refractivity contribution is 5.85. The van der Waals surface area contributed by atoms with Crippen molar-refractivity contribution in [2.75, 3.05) is 38.9 Å². The van der Waals surface area contributed by atoms with E-state index in [9.17, 15) is 4.79 Å². The van der Waals surface area contributed by atoms with Crippen molar-refractivity contribution in [1.29, 1.82) is 0 Å². The molecule has 0 saturated carbocycles. The maximum atomic E-state index is 11.5. The van der Waals surface area contributed by atoms with Gasteiger partial charge in [-0.05, 0) is 26.0 Å². The van der Waals surface area contributed by atoms with Crippen molar-refractivity contribution in [1.82, 2.24) is 0 Å². The van der Waals surface area contributed by atoms with Crippen LogP contribution in [0.3, 0.4) is 0 Å². The summed E-state index contributed by atoms with van der Waals surface area (Å²) in [5, 5.41) is 2.62. The normalized spacial score (nSPS) is 9.95. The van der Waals surface area contributed by atoms with Crippen molar-refractivity contribution in [2.24, 2.45) is 0 Å². The molecule has 6 heteroatoms. The Bertz CT molecular complexity index is 422. The van der Waals surface area contributed by atoms with Crippen LogP contribution in [0.4, 0.5) is 10.5 Å². The van der Waals surface area contributed by atoms with E-state index in [0.717, 1.165) is 0 Å². The summed E-state index contributed by atoms with van der Waals surface area (Å²) in [6.07, 6.45) is -0.534. The zero-order valence-corrected chi connectivity index (χ0v) is 12.1. The van der Waals surface area contributed by atoms with E-state index in [-0.39, 0.29) is 6.61 Å². The van der Waals surface area contributed by atoms with Crippen molar-refractivity contribution >= 4 is 11.8 Å². The van der Waals surface area contributed by atoms with Gasteiger partial charge < -0.3 is 18.9 Å². The number of nitrogens with one attached hydrogen (secondary N) is 1. The van der Waals surface area contributed by atoms with Crippen LogP contribution in [0.1, 0.15) is 13.8 Å². The van der Waals surface area contributed by atoms with E-state index in [1.54, 1.807) is 25.3 Å². The number of benzene rings is 1. The van der Waals surface area contributed by atoms with Gasteiger partial charge in [-0.15, -0.1) is 0 Å². The predicted octanol–water partition coefficient (Wildman–Crippen LogP) is 2.68. The van der Waals surface area contributed by atoms with E-state index >= 15 is 0 Å². The summed E-state index contributed by atoms with van der Waals surface area (Å²) in [6.45, 7) is 5.41. The van der Waals surface area contributed by atoms with Gasteiger partial charge in [0.15, 0.2) is 11.5 Å². The first-order valence-electron chi connectivity index (χ1n) is 6.53. The van der Waals surface area contributed by atoms with Crippen molar-refractivity contribution in [3.63, 3.8) is 0 Å². The molecule has 0 radical (unpaired) electrons. The van der Waals surface area contributed by atoms with Gasteiger partial charge in [0.2, 0.25) is 0 Å². The number of rotatable bonds is 8. The molecule has 0 aliphatic carbocycles. The minimum absolute atomic E-state index is 0.206. The third-order valence-corrected chi connectivity index (χ3v) is 2.31. The third kappa shape index (κ3) is 5.36. The van der Waals surface area contributed by atoms with Crippen molar-refractivity contribution in [3.05, 3.63) is 18.2 Å². The first-order valence-corrected chi connectivity index (χ1v) is 6.53. The number of hydrogen-bond donors (Lipinski definition) is 1. The molecule has 1 aromatic carbocycles. The molecule has 6 nitrogen and oxygen atoms in total. The maximum absolute atomic E-state index is 11.5. The number of methoxy groups -OCH3 is 1. The molecule has 20 heavy (non-hydrogen) atoms. The van der Waals surface area contributed by atoms with E-state index < -0.39 is 6.09 Å². The van der Waals surface area contributed by atoms with Crippen LogP contribution in [0.2, 0.25) is 0 Å². The van der Waals surface area contributed by atoms with E-state index in [2.05, 4.69) is 5.32 Å². The van der Waals surface area contributed by atoms with Crippen LogP contribution in [-0.2, 0) is 9.47 Å². The SMILES string of the molecule is CCOc1ccc(NC(=O)OCCOC)cc1OCC. The molecule has 0 unspecified atom stereocenters. The lowest BCUT2D eigenvalue weighted by atomic mass is 10.2. The lowest BCUT2D eigenvalue weighted by Gasteiger charge is -2.13. The zero-order chi connectivity index (χ0) is 14.8. The lowest BCUT2D eigenvalue weighted by Crippen LogP contribution is -2.16. The number of carbonyl (C=O) groups excluding carboxylic acids is 1. The topological polar surface area (TPSA) is 66.0 Å². The number of carbonyl (C=O) groups is 1. The van der Waals surface area contributed by atoms with Gasteiger partial charge in [0.05, 0.1) is 19.8 Å². The highest BCUT2D eigenvalue weighted by Gasteiger charge is 2.08. The molecule has 0 bridgehead atoms. The Morgan fingerprint density at radius 1 is 1.10 bits per heavy atom. The summed E-state index contributed by atoms with van der Waals surface area (Å²) < 4.78 is 20.6. The fraction of sp³-hybridized carbons (Fsp3) is 0.500. The average molecular weight is 283 g/mol. The Labute approximate surface area is 119 Å². The smallest absolute Gasteiger partial charge is 0.411 e.